The molecule has 100 valence electrons. The van der Waals surface area contributed by atoms with E-state index in [1.54, 1.807) is 0 Å². The van der Waals surface area contributed by atoms with Gasteiger partial charge < -0.3 is 9.47 Å². The molecular weight excluding hydrogens is 238 g/mol. The summed E-state index contributed by atoms with van der Waals surface area (Å²) in [6.45, 7) is 2.35. The molecule has 3 aliphatic rings. The fraction of sp³-hybridized carbons (Fsp3) is 0.833. The van der Waals surface area contributed by atoms with Crippen molar-refractivity contribution in [1.29, 1.82) is 0 Å². The van der Waals surface area contributed by atoms with Gasteiger partial charge in [0.1, 0.15) is 18.6 Å². The monoisotopic (exact) mass is 255 g/mol. The first-order valence-electron chi connectivity index (χ1n) is 6.42. The number of nitrogens with zero attached hydrogens (tertiary/aromatic N) is 1. The number of fused-ring (bicyclic) bond motifs is 3. The minimum Gasteiger partial charge on any atom is -0.462 e. The molecule has 3 rings (SSSR count). The molecule has 6 nitrogen and oxygen atoms in total. The molecule has 0 amide bonds. The number of esters is 2. The van der Waals surface area contributed by atoms with Crippen LogP contribution in [0.15, 0.2) is 0 Å². The molecule has 0 saturated carbocycles. The van der Waals surface area contributed by atoms with Gasteiger partial charge in [0.05, 0.1) is 12.1 Å². The van der Waals surface area contributed by atoms with Crippen molar-refractivity contribution in [3.8, 4) is 0 Å². The lowest BCUT2D eigenvalue weighted by atomic mass is 9.88. The lowest BCUT2D eigenvalue weighted by Gasteiger charge is -2.30. The smallest absolute Gasteiger partial charge is 0.313 e. The van der Waals surface area contributed by atoms with Crippen LogP contribution in [0, 0.1) is 5.92 Å². The largest absolute Gasteiger partial charge is 0.462 e. The maximum absolute atomic E-state index is 12.0. The zero-order chi connectivity index (χ0) is 12.7. The Morgan fingerprint density at radius 2 is 2.39 bits per heavy atom. The number of carbonyl (C=O) groups excluding carboxylic acids is 2. The van der Waals surface area contributed by atoms with Gasteiger partial charge in [0.2, 0.25) is 0 Å². The van der Waals surface area contributed by atoms with E-state index >= 15 is 0 Å². The van der Waals surface area contributed by atoms with Crippen LogP contribution >= 0.6 is 0 Å². The van der Waals surface area contributed by atoms with Crippen LogP contribution < -0.4 is 0 Å². The van der Waals surface area contributed by atoms with E-state index in [1.165, 1.54) is 6.92 Å². The Balaban J connectivity index is 1.64. The van der Waals surface area contributed by atoms with E-state index in [0.29, 0.717) is 6.42 Å². The van der Waals surface area contributed by atoms with Gasteiger partial charge >= 0.3 is 11.9 Å². The molecule has 6 heteroatoms. The van der Waals surface area contributed by atoms with Crippen LogP contribution in [0.3, 0.4) is 0 Å². The van der Waals surface area contributed by atoms with Crippen molar-refractivity contribution in [2.45, 2.75) is 44.4 Å². The zero-order valence-electron chi connectivity index (χ0n) is 10.3. The Kier molecular flexibility index (Phi) is 2.99. The summed E-state index contributed by atoms with van der Waals surface area (Å²) in [4.78, 5) is 28.5. The summed E-state index contributed by atoms with van der Waals surface area (Å²) in [5.74, 6) is -0.736. The van der Waals surface area contributed by atoms with Gasteiger partial charge in [-0.2, -0.15) is 5.06 Å². The molecule has 3 saturated heterocycles. The predicted octanol–water partition coefficient (Wildman–Crippen LogP) is 0.259. The molecule has 0 bridgehead atoms. The van der Waals surface area contributed by atoms with E-state index in [9.17, 15) is 9.59 Å². The first kappa shape index (κ1) is 11.9. The van der Waals surface area contributed by atoms with Crippen LogP contribution in [0.25, 0.3) is 0 Å². The summed E-state index contributed by atoms with van der Waals surface area (Å²) in [7, 11) is 0. The Bertz CT molecular complexity index is 371. The second kappa shape index (κ2) is 4.51. The van der Waals surface area contributed by atoms with E-state index in [4.69, 9.17) is 14.3 Å². The van der Waals surface area contributed by atoms with Crippen molar-refractivity contribution in [3.63, 3.8) is 0 Å². The van der Waals surface area contributed by atoms with Crippen molar-refractivity contribution in [1.82, 2.24) is 5.06 Å². The molecular formula is C12H17NO5. The van der Waals surface area contributed by atoms with Crippen LogP contribution in [0.1, 0.15) is 26.2 Å². The van der Waals surface area contributed by atoms with Crippen molar-refractivity contribution >= 4 is 11.9 Å². The van der Waals surface area contributed by atoms with Gasteiger partial charge in [-0.3, -0.25) is 14.4 Å². The Labute approximate surface area is 105 Å². The van der Waals surface area contributed by atoms with Crippen LogP contribution in [0.4, 0.5) is 0 Å². The number of hydrogen-bond acceptors (Lipinski definition) is 6. The van der Waals surface area contributed by atoms with E-state index in [1.807, 2.05) is 5.06 Å². The first-order valence-corrected chi connectivity index (χ1v) is 6.42. The van der Waals surface area contributed by atoms with Crippen molar-refractivity contribution in [3.05, 3.63) is 0 Å². The normalized spacial score (nSPS) is 39.1. The van der Waals surface area contributed by atoms with Crippen LogP contribution in [-0.4, -0.2) is 48.4 Å². The lowest BCUT2D eigenvalue weighted by Crippen LogP contribution is -2.44. The maximum Gasteiger partial charge on any atom is 0.313 e. The van der Waals surface area contributed by atoms with Gasteiger partial charge in [-0.1, -0.05) is 0 Å². The van der Waals surface area contributed by atoms with E-state index in [-0.39, 0.29) is 42.7 Å². The average Bonchev–Trinajstić information content (AvgIpc) is 2.85. The lowest BCUT2D eigenvalue weighted by molar-refractivity contribution is -0.187. The Hall–Kier alpha value is -1.14. The minimum absolute atomic E-state index is 0.114. The van der Waals surface area contributed by atoms with Crippen LogP contribution in [-0.2, 0) is 23.9 Å². The molecule has 0 aliphatic carbocycles. The van der Waals surface area contributed by atoms with Crippen molar-refractivity contribution in [2.24, 2.45) is 5.92 Å². The quantitative estimate of drug-likeness (QED) is 0.659. The Morgan fingerprint density at radius 3 is 3.17 bits per heavy atom. The van der Waals surface area contributed by atoms with Gasteiger partial charge in [0, 0.05) is 19.9 Å². The van der Waals surface area contributed by atoms with Crippen molar-refractivity contribution < 1.29 is 23.9 Å². The molecule has 0 aromatic rings. The Morgan fingerprint density at radius 1 is 1.56 bits per heavy atom. The summed E-state index contributed by atoms with van der Waals surface area (Å²) in [6.07, 6.45) is 2.18. The highest BCUT2D eigenvalue weighted by molar-refractivity contribution is 5.75. The van der Waals surface area contributed by atoms with Crippen LogP contribution in [0.2, 0.25) is 0 Å². The number of hydrogen-bond donors (Lipinski definition) is 0. The number of rotatable bonds is 2. The summed E-state index contributed by atoms with van der Waals surface area (Å²) in [6, 6.07) is 0.178. The third-order valence-electron chi connectivity index (χ3n) is 3.86. The van der Waals surface area contributed by atoms with Crippen molar-refractivity contribution in [2.75, 3.05) is 13.2 Å². The molecule has 0 N–H and O–H groups in total. The predicted molar refractivity (Wildman–Crippen MR) is 59.2 cm³/mol. The maximum atomic E-state index is 12.0. The molecule has 3 heterocycles. The van der Waals surface area contributed by atoms with Gasteiger partial charge in [0.15, 0.2) is 0 Å². The average molecular weight is 255 g/mol. The summed E-state index contributed by atoms with van der Waals surface area (Å²) < 4.78 is 10.2. The SMILES string of the molecule is CC(=O)OC[C@@H]1C[C@H]2ON3CCC[C@H]3[C@H]2C(=O)O1. The van der Waals surface area contributed by atoms with Gasteiger partial charge in [-0.05, 0) is 12.8 Å². The number of carbonyl (C=O) groups is 2. The highest BCUT2D eigenvalue weighted by Gasteiger charge is 2.53. The summed E-state index contributed by atoms with van der Waals surface area (Å²) in [5, 5.41) is 1.92. The molecule has 0 aromatic heterocycles. The van der Waals surface area contributed by atoms with Gasteiger partial charge in [-0.25, -0.2) is 0 Å². The number of ether oxygens (including phenoxy) is 2. The van der Waals surface area contributed by atoms with Gasteiger partial charge in [-0.15, -0.1) is 0 Å². The fourth-order valence-electron chi connectivity index (χ4n) is 3.10. The molecule has 3 fully saturated rings. The third kappa shape index (κ3) is 1.99. The van der Waals surface area contributed by atoms with Gasteiger partial charge in [0.25, 0.3) is 0 Å². The number of cyclic esters (lactones) is 1. The standard InChI is InChI=1S/C12H17NO5/c1-7(14)16-6-8-5-10-11(12(15)17-8)9-3-2-4-13(9)18-10/h8-11H,2-6H2,1H3/t8-,9-,10+,11+/m0/s1. The topological polar surface area (TPSA) is 65.1 Å². The molecule has 0 aromatic carbocycles. The van der Waals surface area contributed by atoms with E-state index in [2.05, 4.69) is 0 Å². The summed E-state index contributed by atoms with van der Waals surface area (Å²) >= 11 is 0. The van der Waals surface area contributed by atoms with Crippen LogP contribution in [0.5, 0.6) is 0 Å². The molecule has 0 spiro atoms. The third-order valence-corrected chi connectivity index (χ3v) is 3.86. The molecule has 4 atom stereocenters. The summed E-state index contributed by atoms with van der Waals surface area (Å²) in [5.41, 5.74) is 0. The van der Waals surface area contributed by atoms with E-state index in [0.717, 1.165) is 19.4 Å². The second-order valence-electron chi connectivity index (χ2n) is 5.12. The molecule has 0 radical (unpaired) electrons. The highest BCUT2D eigenvalue weighted by atomic mass is 16.7. The fourth-order valence-corrected chi connectivity index (χ4v) is 3.10. The minimum atomic E-state index is -0.373. The zero-order valence-corrected chi connectivity index (χ0v) is 10.3. The molecule has 18 heavy (non-hydrogen) atoms. The highest BCUT2D eigenvalue weighted by Crippen LogP contribution is 2.40. The molecule has 0 unspecified atom stereocenters. The van der Waals surface area contributed by atoms with E-state index < -0.39 is 0 Å². The molecule has 3 aliphatic heterocycles. The first-order chi connectivity index (χ1) is 8.65. The second-order valence-corrected chi connectivity index (χ2v) is 5.12. The number of hydroxylamine groups is 2.